The molecule has 0 aromatic heterocycles. The van der Waals surface area contributed by atoms with Gasteiger partial charge in [-0.3, -0.25) is 0 Å². The molecule has 1 aromatic carbocycles. The fraction of sp³-hybridized carbons (Fsp3) is 0.600. The van der Waals surface area contributed by atoms with Crippen molar-refractivity contribution in [3.63, 3.8) is 0 Å². The van der Waals surface area contributed by atoms with Crippen LogP contribution in [0.25, 0.3) is 0 Å². The fourth-order valence-electron chi connectivity index (χ4n) is 2.69. The van der Waals surface area contributed by atoms with Crippen molar-refractivity contribution in [3.05, 3.63) is 29.3 Å². The van der Waals surface area contributed by atoms with E-state index in [9.17, 15) is 0 Å². The zero-order chi connectivity index (χ0) is 13.1. The van der Waals surface area contributed by atoms with E-state index in [4.69, 9.17) is 10.5 Å². The van der Waals surface area contributed by atoms with Crippen LogP contribution in [0, 0.1) is 19.8 Å². The van der Waals surface area contributed by atoms with Gasteiger partial charge in [0.2, 0.25) is 0 Å². The number of hydrogen-bond acceptors (Lipinski definition) is 3. The molecule has 0 amide bonds. The second kappa shape index (κ2) is 5.72. The Labute approximate surface area is 110 Å². The van der Waals surface area contributed by atoms with E-state index in [0.29, 0.717) is 5.92 Å². The largest absolute Gasteiger partial charge is 0.381 e. The molecule has 0 bridgehead atoms. The average molecular weight is 248 g/mol. The number of rotatable bonds is 4. The molecule has 18 heavy (non-hydrogen) atoms. The fourth-order valence-corrected chi connectivity index (χ4v) is 2.69. The Kier molecular flexibility index (Phi) is 4.25. The summed E-state index contributed by atoms with van der Waals surface area (Å²) < 4.78 is 5.41. The molecule has 1 aromatic rings. The molecule has 0 spiro atoms. The SMILES string of the molecule is Cc1ccc(N(C)CC(N)C2CCOC2)c(C)c1. The summed E-state index contributed by atoms with van der Waals surface area (Å²) in [5.74, 6) is 0.512. The maximum Gasteiger partial charge on any atom is 0.0510 e. The molecule has 2 atom stereocenters. The zero-order valence-electron chi connectivity index (χ0n) is 11.6. The molecule has 1 aliphatic heterocycles. The summed E-state index contributed by atoms with van der Waals surface area (Å²) >= 11 is 0. The Morgan fingerprint density at radius 3 is 2.83 bits per heavy atom. The summed E-state index contributed by atoms with van der Waals surface area (Å²) in [5.41, 5.74) is 10.2. The molecule has 0 aliphatic carbocycles. The summed E-state index contributed by atoms with van der Waals surface area (Å²) in [6, 6.07) is 6.75. The predicted molar refractivity (Wildman–Crippen MR) is 76.1 cm³/mol. The van der Waals surface area contributed by atoms with Crippen LogP contribution < -0.4 is 10.6 Å². The molecule has 1 saturated heterocycles. The minimum atomic E-state index is 0.193. The van der Waals surface area contributed by atoms with E-state index in [-0.39, 0.29) is 6.04 Å². The second-order valence-electron chi connectivity index (χ2n) is 5.46. The van der Waals surface area contributed by atoms with E-state index in [1.165, 1.54) is 16.8 Å². The lowest BCUT2D eigenvalue weighted by molar-refractivity contribution is 0.181. The van der Waals surface area contributed by atoms with Crippen LogP contribution in [0.1, 0.15) is 17.5 Å². The smallest absolute Gasteiger partial charge is 0.0510 e. The van der Waals surface area contributed by atoms with Gasteiger partial charge in [-0.1, -0.05) is 17.7 Å². The van der Waals surface area contributed by atoms with Gasteiger partial charge in [0.25, 0.3) is 0 Å². The van der Waals surface area contributed by atoms with Gasteiger partial charge >= 0.3 is 0 Å². The van der Waals surface area contributed by atoms with Crippen LogP contribution in [0.15, 0.2) is 18.2 Å². The molecule has 100 valence electrons. The van der Waals surface area contributed by atoms with E-state index in [1.807, 2.05) is 0 Å². The molecule has 2 unspecified atom stereocenters. The number of ether oxygens (including phenoxy) is 1. The van der Waals surface area contributed by atoms with E-state index >= 15 is 0 Å². The number of nitrogens with zero attached hydrogens (tertiary/aromatic N) is 1. The number of aryl methyl sites for hydroxylation is 2. The highest BCUT2D eigenvalue weighted by molar-refractivity contribution is 5.53. The Bertz CT molecular complexity index is 399. The quantitative estimate of drug-likeness (QED) is 0.887. The van der Waals surface area contributed by atoms with Crippen LogP contribution in [0.4, 0.5) is 5.69 Å². The van der Waals surface area contributed by atoms with Crippen LogP contribution in [-0.4, -0.2) is 32.8 Å². The summed E-state index contributed by atoms with van der Waals surface area (Å²) in [7, 11) is 2.12. The molecule has 1 heterocycles. The van der Waals surface area contributed by atoms with Crippen molar-refractivity contribution in [1.82, 2.24) is 0 Å². The summed E-state index contributed by atoms with van der Waals surface area (Å²) in [6.07, 6.45) is 1.10. The van der Waals surface area contributed by atoms with Gasteiger partial charge < -0.3 is 15.4 Å². The lowest BCUT2D eigenvalue weighted by Gasteiger charge is -2.27. The van der Waals surface area contributed by atoms with Crippen molar-refractivity contribution in [1.29, 1.82) is 0 Å². The van der Waals surface area contributed by atoms with E-state index in [0.717, 1.165) is 26.2 Å². The maximum atomic E-state index is 6.28. The monoisotopic (exact) mass is 248 g/mol. The Hall–Kier alpha value is -1.06. The van der Waals surface area contributed by atoms with Gasteiger partial charge in [-0.2, -0.15) is 0 Å². The molecular formula is C15H24N2O. The van der Waals surface area contributed by atoms with Crippen LogP contribution >= 0.6 is 0 Å². The van der Waals surface area contributed by atoms with Crippen LogP contribution in [0.3, 0.4) is 0 Å². The molecule has 2 N–H and O–H groups in total. The Balaban J connectivity index is 2.00. The van der Waals surface area contributed by atoms with Gasteiger partial charge in [-0.05, 0) is 31.9 Å². The number of anilines is 1. The molecule has 0 radical (unpaired) electrons. The van der Waals surface area contributed by atoms with Crippen molar-refractivity contribution < 1.29 is 4.74 Å². The summed E-state index contributed by atoms with van der Waals surface area (Å²) in [6.45, 7) is 6.85. The van der Waals surface area contributed by atoms with Crippen molar-refractivity contribution in [3.8, 4) is 0 Å². The molecule has 3 heteroatoms. The van der Waals surface area contributed by atoms with Gasteiger partial charge in [0.1, 0.15) is 0 Å². The highest BCUT2D eigenvalue weighted by atomic mass is 16.5. The summed E-state index contributed by atoms with van der Waals surface area (Å²) in [4.78, 5) is 2.26. The zero-order valence-corrected chi connectivity index (χ0v) is 11.6. The minimum Gasteiger partial charge on any atom is -0.381 e. The van der Waals surface area contributed by atoms with E-state index in [2.05, 4.69) is 44.0 Å². The number of likely N-dealkylation sites (N-methyl/N-ethyl adjacent to an activating group) is 1. The average Bonchev–Trinajstić information content (AvgIpc) is 2.81. The van der Waals surface area contributed by atoms with Crippen molar-refractivity contribution in [2.45, 2.75) is 26.3 Å². The second-order valence-corrected chi connectivity index (χ2v) is 5.46. The first-order valence-corrected chi connectivity index (χ1v) is 6.69. The van der Waals surface area contributed by atoms with Crippen LogP contribution in [-0.2, 0) is 4.74 Å². The lowest BCUT2D eigenvalue weighted by atomic mass is 9.99. The van der Waals surface area contributed by atoms with Crippen molar-refractivity contribution >= 4 is 5.69 Å². The first-order valence-electron chi connectivity index (χ1n) is 6.69. The molecule has 3 nitrogen and oxygen atoms in total. The van der Waals surface area contributed by atoms with Gasteiger partial charge in [0.15, 0.2) is 0 Å². The summed E-state index contributed by atoms with van der Waals surface area (Å²) in [5, 5.41) is 0. The van der Waals surface area contributed by atoms with E-state index in [1.54, 1.807) is 0 Å². The third kappa shape index (κ3) is 3.03. The van der Waals surface area contributed by atoms with Crippen LogP contribution in [0.5, 0.6) is 0 Å². The molecular weight excluding hydrogens is 224 g/mol. The van der Waals surface area contributed by atoms with Gasteiger partial charge in [-0.25, -0.2) is 0 Å². The first-order chi connectivity index (χ1) is 8.58. The molecule has 1 fully saturated rings. The third-order valence-corrected chi connectivity index (χ3v) is 3.82. The van der Waals surface area contributed by atoms with Crippen molar-refractivity contribution in [2.24, 2.45) is 11.7 Å². The van der Waals surface area contributed by atoms with Gasteiger partial charge in [0, 0.05) is 37.8 Å². The highest BCUT2D eigenvalue weighted by Crippen LogP contribution is 2.22. The number of hydrogen-bond donors (Lipinski definition) is 1. The Morgan fingerprint density at radius 1 is 1.44 bits per heavy atom. The topological polar surface area (TPSA) is 38.5 Å². The third-order valence-electron chi connectivity index (χ3n) is 3.82. The first kappa shape index (κ1) is 13.4. The number of nitrogens with two attached hydrogens (primary N) is 1. The Morgan fingerprint density at radius 2 is 2.22 bits per heavy atom. The molecule has 0 saturated carbocycles. The van der Waals surface area contributed by atoms with Crippen molar-refractivity contribution in [2.75, 3.05) is 31.7 Å². The predicted octanol–water partition coefficient (Wildman–Crippen LogP) is 2.10. The van der Waals surface area contributed by atoms with Gasteiger partial charge in [0.05, 0.1) is 6.61 Å². The van der Waals surface area contributed by atoms with Crippen LogP contribution in [0.2, 0.25) is 0 Å². The molecule has 2 rings (SSSR count). The van der Waals surface area contributed by atoms with Gasteiger partial charge in [-0.15, -0.1) is 0 Å². The number of benzene rings is 1. The normalized spacial score (nSPS) is 21.0. The lowest BCUT2D eigenvalue weighted by Crippen LogP contribution is -2.41. The molecule has 1 aliphatic rings. The standard InChI is InChI=1S/C15H24N2O/c1-11-4-5-15(12(2)8-11)17(3)9-14(16)13-6-7-18-10-13/h4-5,8,13-14H,6-7,9-10,16H2,1-3H3. The maximum absolute atomic E-state index is 6.28. The van der Waals surface area contributed by atoms with E-state index < -0.39 is 0 Å². The minimum absolute atomic E-state index is 0.193. The highest BCUT2D eigenvalue weighted by Gasteiger charge is 2.24.